The Balaban J connectivity index is 1.86. The molecule has 0 radical (unpaired) electrons. The first-order valence-corrected chi connectivity index (χ1v) is 9.36. The van der Waals surface area contributed by atoms with E-state index in [-0.39, 0.29) is 11.9 Å². The lowest BCUT2D eigenvalue weighted by Gasteiger charge is -2.26. The van der Waals surface area contributed by atoms with Crippen LogP contribution in [0, 0.1) is 5.82 Å². The Morgan fingerprint density at radius 2 is 2.09 bits per heavy atom. The van der Waals surface area contributed by atoms with E-state index < -0.39 is 16.1 Å². The topological polar surface area (TPSA) is 69.6 Å². The van der Waals surface area contributed by atoms with Crippen LogP contribution in [-0.2, 0) is 10.0 Å². The van der Waals surface area contributed by atoms with E-state index in [2.05, 4.69) is 9.62 Å². The van der Waals surface area contributed by atoms with Crippen LogP contribution < -0.4 is 4.72 Å². The van der Waals surface area contributed by atoms with Crippen molar-refractivity contribution in [3.05, 3.63) is 35.6 Å². The molecule has 0 aliphatic carbocycles. The summed E-state index contributed by atoms with van der Waals surface area (Å²) >= 11 is 0. The molecule has 5 nitrogen and oxygen atoms in total. The largest absolute Gasteiger partial charge is 0.388 e. The zero-order valence-corrected chi connectivity index (χ0v) is 13.5. The minimum Gasteiger partial charge on any atom is -0.388 e. The van der Waals surface area contributed by atoms with Crippen LogP contribution in [0.15, 0.2) is 24.3 Å². The molecular formula is C15H23FN2O3S. The summed E-state index contributed by atoms with van der Waals surface area (Å²) in [5.74, 6) is -0.315. The van der Waals surface area contributed by atoms with Gasteiger partial charge in [0.25, 0.3) is 0 Å². The monoisotopic (exact) mass is 330 g/mol. The molecule has 1 aromatic carbocycles. The second kappa shape index (κ2) is 7.50. The van der Waals surface area contributed by atoms with E-state index in [9.17, 15) is 17.9 Å². The number of halogens is 1. The van der Waals surface area contributed by atoms with E-state index in [0.29, 0.717) is 25.1 Å². The standard InChI is InChI=1S/C15H23FN2O3S/c1-22(20,21)17-8-10-18-9-2-3-14(18)11-15(19)12-4-6-13(16)7-5-12/h4-7,14-15,17,19H,2-3,8-11H2,1H3/t14-,15-/m1/s1. The molecule has 1 saturated heterocycles. The molecule has 2 N–H and O–H groups in total. The molecule has 1 fully saturated rings. The van der Waals surface area contributed by atoms with Gasteiger partial charge in [-0.3, -0.25) is 4.90 Å². The van der Waals surface area contributed by atoms with Crippen LogP contribution in [0.1, 0.15) is 30.9 Å². The van der Waals surface area contributed by atoms with Crippen molar-refractivity contribution in [1.82, 2.24) is 9.62 Å². The SMILES string of the molecule is CS(=O)(=O)NCCN1CCC[C@@H]1C[C@@H](O)c1ccc(F)cc1. The molecule has 124 valence electrons. The molecule has 0 unspecified atom stereocenters. The van der Waals surface area contributed by atoms with Gasteiger partial charge in [-0.25, -0.2) is 17.5 Å². The maximum absolute atomic E-state index is 12.9. The number of aliphatic hydroxyl groups is 1. The molecule has 0 bridgehead atoms. The van der Waals surface area contributed by atoms with Crippen molar-refractivity contribution in [3.63, 3.8) is 0 Å². The number of sulfonamides is 1. The first-order chi connectivity index (χ1) is 10.3. The Labute approximate surface area is 131 Å². The molecule has 1 aromatic rings. The maximum Gasteiger partial charge on any atom is 0.208 e. The molecule has 1 aliphatic heterocycles. The Bertz CT molecular complexity index is 577. The molecular weight excluding hydrogens is 307 g/mol. The van der Waals surface area contributed by atoms with E-state index in [4.69, 9.17) is 0 Å². The lowest BCUT2D eigenvalue weighted by Crippen LogP contribution is -2.37. The molecule has 1 heterocycles. The third kappa shape index (κ3) is 5.31. The highest BCUT2D eigenvalue weighted by atomic mass is 32.2. The van der Waals surface area contributed by atoms with Gasteiger partial charge in [0.05, 0.1) is 12.4 Å². The quantitative estimate of drug-likeness (QED) is 0.790. The van der Waals surface area contributed by atoms with Gasteiger partial charge in [-0.05, 0) is 43.5 Å². The van der Waals surface area contributed by atoms with Crippen LogP contribution in [0.4, 0.5) is 4.39 Å². The van der Waals surface area contributed by atoms with Gasteiger partial charge in [-0.15, -0.1) is 0 Å². The number of hydrogen-bond acceptors (Lipinski definition) is 4. The van der Waals surface area contributed by atoms with Crippen molar-refractivity contribution >= 4 is 10.0 Å². The molecule has 7 heteroatoms. The normalized spacial score (nSPS) is 21.1. The molecule has 0 spiro atoms. The second-order valence-electron chi connectivity index (χ2n) is 5.80. The smallest absolute Gasteiger partial charge is 0.208 e. The fraction of sp³-hybridized carbons (Fsp3) is 0.600. The number of rotatable bonds is 7. The summed E-state index contributed by atoms with van der Waals surface area (Å²) in [4.78, 5) is 2.20. The first kappa shape index (κ1) is 17.3. The number of likely N-dealkylation sites (tertiary alicyclic amines) is 1. The van der Waals surface area contributed by atoms with Crippen molar-refractivity contribution in [2.45, 2.75) is 31.4 Å². The zero-order chi connectivity index (χ0) is 16.2. The number of nitrogens with one attached hydrogen (secondary N) is 1. The molecule has 0 saturated carbocycles. The Kier molecular flexibility index (Phi) is 5.91. The Hall–Kier alpha value is -1.02. The predicted octanol–water partition coefficient (Wildman–Crippen LogP) is 1.26. The first-order valence-electron chi connectivity index (χ1n) is 7.47. The summed E-state index contributed by atoms with van der Waals surface area (Å²) in [6.07, 6.45) is 3.11. The Morgan fingerprint density at radius 1 is 1.41 bits per heavy atom. The fourth-order valence-electron chi connectivity index (χ4n) is 2.91. The summed E-state index contributed by atoms with van der Waals surface area (Å²) < 4.78 is 37.5. The van der Waals surface area contributed by atoms with Crippen molar-refractivity contribution < 1.29 is 17.9 Å². The highest BCUT2D eigenvalue weighted by Crippen LogP contribution is 2.27. The average molecular weight is 330 g/mol. The van der Waals surface area contributed by atoms with Gasteiger partial charge in [-0.1, -0.05) is 12.1 Å². The molecule has 0 amide bonds. The van der Waals surface area contributed by atoms with Crippen LogP contribution in [-0.4, -0.2) is 50.4 Å². The highest BCUT2D eigenvalue weighted by Gasteiger charge is 2.26. The lowest BCUT2D eigenvalue weighted by molar-refractivity contribution is 0.121. The van der Waals surface area contributed by atoms with Gasteiger partial charge in [0, 0.05) is 19.1 Å². The van der Waals surface area contributed by atoms with Gasteiger partial charge in [0.15, 0.2) is 0 Å². The van der Waals surface area contributed by atoms with Crippen molar-refractivity contribution in [2.24, 2.45) is 0 Å². The molecule has 1 aliphatic rings. The maximum atomic E-state index is 12.9. The van der Waals surface area contributed by atoms with E-state index in [1.54, 1.807) is 12.1 Å². The lowest BCUT2D eigenvalue weighted by atomic mass is 10.0. The summed E-state index contributed by atoms with van der Waals surface area (Å²) in [5, 5.41) is 10.3. The third-order valence-electron chi connectivity index (χ3n) is 4.01. The molecule has 22 heavy (non-hydrogen) atoms. The minimum absolute atomic E-state index is 0.224. The van der Waals surface area contributed by atoms with Gasteiger partial charge < -0.3 is 5.11 Å². The number of nitrogens with zero attached hydrogens (tertiary/aromatic N) is 1. The van der Waals surface area contributed by atoms with E-state index in [0.717, 1.165) is 25.6 Å². The average Bonchev–Trinajstić information content (AvgIpc) is 2.85. The number of benzene rings is 1. The summed E-state index contributed by atoms with van der Waals surface area (Å²) in [7, 11) is -3.16. The minimum atomic E-state index is -3.16. The van der Waals surface area contributed by atoms with Crippen LogP contribution in [0.25, 0.3) is 0 Å². The molecule has 2 atom stereocenters. The van der Waals surface area contributed by atoms with Crippen molar-refractivity contribution in [3.8, 4) is 0 Å². The van der Waals surface area contributed by atoms with Crippen LogP contribution in [0.3, 0.4) is 0 Å². The molecule has 2 rings (SSSR count). The molecule has 0 aromatic heterocycles. The van der Waals surface area contributed by atoms with Gasteiger partial charge in [-0.2, -0.15) is 0 Å². The van der Waals surface area contributed by atoms with E-state index in [1.807, 2.05) is 0 Å². The predicted molar refractivity (Wildman–Crippen MR) is 83.4 cm³/mol. The van der Waals surface area contributed by atoms with Gasteiger partial charge in [0.1, 0.15) is 5.82 Å². The number of aliphatic hydroxyl groups excluding tert-OH is 1. The highest BCUT2D eigenvalue weighted by molar-refractivity contribution is 7.88. The summed E-state index contributed by atoms with van der Waals surface area (Å²) in [6.45, 7) is 1.92. The Morgan fingerprint density at radius 3 is 2.73 bits per heavy atom. The van der Waals surface area contributed by atoms with Crippen LogP contribution >= 0.6 is 0 Å². The summed E-state index contributed by atoms with van der Waals surface area (Å²) in [5.41, 5.74) is 0.711. The van der Waals surface area contributed by atoms with Crippen molar-refractivity contribution in [1.29, 1.82) is 0 Å². The second-order valence-corrected chi connectivity index (χ2v) is 7.63. The van der Waals surface area contributed by atoms with Crippen LogP contribution in [0.5, 0.6) is 0 Å². The van der Waals surface area contributed by atoms with E-state index in [1.165, 1.54) is 12.1 Å². The number of hydrogen-bond donors (Lipinski definition) is 2. The fourth-order valence-corrected chi connectivity index (χ4v) is 3.37. The van der Waals surface area contributed by atoms with Crippen molar-refractivity contribution in [2.75, 3.05) is 25.9 Å². The summed E-state index contributed by atoms with van der Waals surface area (Å²) in [6, 6.07) is 6.12. The van der Waals surface area contributed by atoms with Crippen LogP contribution in [0.2, 0.25) is 0 Å². The van der Waals surface area contributed by atoms with Gasteiger partial charge >= 0.3 is 0 Å². The van der Waals surface area contributed by atoms with E-state index >= 15 is 0 Å². The van der Waals surface area contributed by atoms with Gasteiger partial charge in [0.2, 0.25) is 10.0 Å². The third-order valence-corrected chi connectivity index (χ3v) is 4.74. The zero-order valence-electron chi connectivity index (χ0n) is 12.7.